The zero-order valence-corrected chi connectivity index (χ0v) is 17.4. The number of anilines is 1. The van der Waals surface area contributed by atoms with Gasteiger partial charge >= 0.3 is 0 Å². The van der Waals surface area contributed by atoms with Gasteiger partial charge < -0.3 is 20.7 Å². The van der Waals surface area contributed by atoms with E-state index in [-0.39, 0.29) is 30.3 Å². The molecule has 0 saturated carbocycles. The highest BCUT2D eigenvalue weighted by atomic mass is 35.5. The molecule has 160 valence electrons. The fourth-order valence-corrected chi connectivity index (χ4v) is 5.20. The molecule has 0 unspecified atom stereocenters. The average molecular weight is 432 g/mol. The van der Waals surface area contributed by atoms with Crippen LogP contribution in [0.2, 0.25) is 0 Å². The first-order valence-corrected chi connectivity index (χ1v) is 10.1. The smallest absolute Gasteiger partial charge is 0.231 e. The number of carbonyl (C=O) groups excluding carboxylic acids is 2. The lowest BCUT2D eigenvalue weighted by molar-refractivity contribution is -0.136. The Hall–Kier alpha value is -2.42. The number of ether oxygens (including phenoxy) is 1. The number of carbonyl (C=O) groups is 2. The van der Waals surface area contributed by atoms with E-state index in [4.69, 9.17) is 10.5 Å². The van der Waals surface area contributed by atoms with E-state index in [1.807, 2.05) is 36.5 Å². The van der Waals surface area contributed by atoms with Gasteiger partial charge in [-0.25, -0.2) is 0 Å². The predicted octanol–water partition coefficient (Wildman–Crippen LogP) is 1.26. The van der Waals surface area contributed by atoms with Crippen LogP contribution in [0.25, 0.3) is 0 Å². The van der Waals surface area contributed by atoms with Crippen molar-refractivity contribution in [1.82, 2.24) is 14.7 Å². The quantitative estimate of drug-likeness (QED) is 0.716. The third kappa shape index (κ3) is 3.38. The molecule has 1 spiro atoms. The summed E-state index contributed by atoms with van der Waals surface area (Å²) in [4.78, 5) is 27.8. The van der Waals surface area contributed by atoms with Gasteiger partial charge in [0, 0.05) is 19.3 Å². The number of halogens is 1. The number of nitrogens with two attached hydrogens (primary N) is 1. The van der Waals surface area contributed by atoms with Crippen LogP contribution in [-0.4, -0.2) is 57.8 Å². The van der Waals surface area contributed by atoms with Crippen molar-refractivity contribution in [1.29, 1.82) is 0 Å². The van der Waals surface area contributed by atoms with E-state index in [0.29, 0.717) is 31.9 Å². The summed E-state index contributed by atoms with van der Waals surface area (Å²) in [7, 11) is 0. The second kappa shape index (κ2) is 8.02. The number of amides is 2. The van der Waals surface area contributed by atoms with Gasteiger partial charge in [0.25, 0.3) is 0 Å². The Morgan fingerprint density at radius 2 is 2.13 bits per heavy atom. The molecule has 3 fully saturated rings. The highest BCUT2D eigenvalue weighted by molar-refractivity contribution is 5.98. The Bertz CT molecular complexity index is 936. The van der Waals surface area contributed by atoms with Crippen molar-refractivity contribution in [2.75, 3.05) is 25.0 Å². The highest BCUT2D eigenvalue weighted by Crippen LogP contribution is 2.55. The molecule has 3 saturated heterocycles. The molecule has 4 atom stereocenters. The molecule has 0 aliphatic carbocycles. The summed E-state index contributed by atoms with van der Waals surface area (Å²) in [5.74, 6) is -1.04. The van der Waals surface area contributed by atoms with Crippen molar-refractivity contribution in [2.45, 2.75) is 31.1 Å². The maximum atomic E-state index is 13.1. The Morgan fingerprint density at radius 1 is 1.33 bits per heavy atom. The summed E-state index contributed by atoms with van der Waals surface area (Å²) in [6, 6.07) is 10.0. The second-order valence-electron chi connectivity index (χ2n) is 8.21. The lowest BCUT2D eigenvalue weighted by Crippen LogP contribution is -2.43. The summed E-state index contributed by atoms with van der Waals surface area (Å²) in [6.45, 7) is 2.09. The summed E-state index contributed by atoms with van der Waals surface area (Å²) < 4.78 is 7.99. The monoisotopic (exact) mass is 431 g/mol. The Kier molecular flexibility index (Phi) is 5.57. The minimum absolute atomic E-state index is 0. The molecule has 4 heterocycles. The molecule has 2 bridgehead atoms. The molecule has 30 heavy (non-hydrogen) atoms. The summed E-state index contributed by atoms with van der Waals surface area (Å²) >= 11 is 0. The molecule has 5 rings (SSSR count). The zero-order chi connectivity index (χ0) is 20.0. The van der Waals surface area contributed by atoms with Crippen LogP contribution in [0.4, 0.5) is 5.69 Å². The number of hydrogen-bond donors (Lipinski definition) is 2. The third-order valence-electron chi connectivity index (χ3n) is 6.39. The van der Waals surface area contributed by atoms with E-state index in [1.165, 1.54) is 0 Å². The molecule has 8 nitrogen and oxygen atoms in total. The fourth-order valence-electron chi connectivity index (χ4n) is 5.20. The van der Waals surface area contributed by atoms with E-state index in [2.05, 4.69) is 10.4 Å². The summed E-state index contributed by atoms with van der Waals surface area (Å²) in [6.07, 6.45) is 4.90. The van der Waals surface area contributed by atoms with Crippen molar-refractivity contribution in [3.8, 4) is 0 Å². The molecular weight excluding hydrogens is 406 g/mol. The minimum Gasteiger partial charge on any atom is -0.368 e. The molecule has 2 aromatic rings. The summed E-state index contributed by atoms with van der Waals surface area (Å²) in [5, 5.41) is 7.29. The van der Waals surface area contributed by atoms with Crippen molar-refractivity contribution in [3.05, 3.63) is 48.3 Å². The number of benzene rings is 1. The number of rotatable bonds is 6. The maximum Gasteiger partial charge on any atom is 0.231 e. The standard InChI is InChI=1S/C21H25N5O3.ClH/c22-8-9-25-13-21-7-6-16(29-21)17(18(21)20(25)28)19(27)24-15-10-23-26(12-15)11-14-4-2-1-3-5-14;/h1-5,10,12,16-18H,6-9,11,13,22H2,(H,24,27);1H/t16-,17-,18+,21-;/m0./s1. The number of fused-ring (bicyclic) bond motifs is 1. The third-order valence-corrected chi connectivity index (χ3v) is 6.39. The number of nitrogens with zero attached hydrogens (tertiary/aromatic N) is 3. The second-order valence-corrected chi connectivity index (χ2v) is 8.21. The van der Waals surface area contributed by atoms with Crippen LogP contribution in [0, 0.1) is 11.8 Å². The molecular formula is C21H26ClN5O3. The minimum atomic E-state index is -0.517. The van der Waals surface area contributed by atoms with Gasteiger partial charge in [0.15, 0.2) is 0 Å². The van der Waals surface area contributed by atoms with Gasteiger partial charge in [-0.15, -0.1) is 12.4 Å². The lowest BCUT2D eigenvalue weighted by atomic mass is 9.73. The van der Waals surface area contributed by atoms with Crippen molar-refractivity contribution >= 4 is 29.9 Å². The first-order valence-electron chi connectivity index (χ1n) is 10.1. The van der Waals surface area contributed by atoms with Crippen molar-refractivity contribution in [2.24, 2.45) is 17.6 Å². The SMILES string of the molecule is Cl.NCCN1C[C@]23CC[C@H](O2)[C@H](C(=O)Nc2cnn(Cc4ccccc4)c2)[C@@H]3C1=O. The van der Waals surface area contributed by atoms with Crippen molar-refractivity contribution < 1.29 is 14.3 Å². The first-order chi connectivity index (χ1) is 14.1. The molecule has 3 aliphatic rings. The Morgan fingerprint density at radius 3 is 2.90 bits per heavy atom. The molecule has 3 N–H and O–H groups in total. The normalized spacial score (nSPS) is 29.0. The summed E-state index contributed by atoms with van der Waals surface area (Å²) in [5.41, 5.74) is 6.89. The van der Waals surface area contributed by atoms with Crippen LogP contribution in [-0.2, 0) is 20.9 Å². The van der Waals surface area contributed by atoms with Gasteiger partial charge in [-0.3, -0.25) is 14.3 Å². The number of hydrogen-bond acceptors (Lipinski definition) is 5. The number of likely N-dealkylation sites (tertiary alicyclic amines) is 1. The van der Waals surface area contributed by atoms with E-state index in [0.717, 1.165) is 18.4 Å². The predicted molar refractivity (Wildman–Crippen MR) is 113 cm³/mol. The van der Waals surface area contributed by atoms with Crippen LogP contribution in [0.3, 0.4) is 0 Å². The van der Waals surface area contributed by atoms with Gasteiger partial charge in [-0.05, 0) is 18.4 Å². The maximum absolute atomic E-state index is 13.1. The topological polar surface area (TPSA) is 102 Å². The number of aromatic nitrogens is 2. The molecule has 1 aromatic carbocycles. The van der Waals surface area contributed by atoms with Crippen LogP contribution in [0.1, 0.15) is 18.4 Å². The average Bonchev–Trinajstić information content (AvgIpc) is 3.45. The van der Waals surface area contributed by atoms with Gasteiger partial charge in [-0.1, -0.05) is 30.3 Å². The number of nitrogens with one attached hydrogen (secondary N) is 1. The van der Waals surface area contributed by atoms with Gasteiger partial charge in [0.1, 0.15) is 0 Å². The van der Waals surface area contributed by atoms with E-state index >= 15 is 0 Å². The van der Waals surface area contributed by atoms with Crippen LogP contribution in [0.15, 0.2) is 42.7 Å². The molecule has 0 radical (unpaired) electrons. The van der Waals surface area contributed by atoms with Gasteiger partial charge in [0.05, 0.1) is 48.5 Å². The Balaban J connectivity index is 0.00000218. The van der Waals surface area contributed by atoms with E-state index in [9.17, 15) is 9.59 Å². The van der Waals surface area contributed by atoms with E-state index < -0.39 is 17.4 Å². The highest BCUT2D eigenvalue weighted by Gasteiger charge is 2.68. The first kappa shape index (κ1) is 20.8. The molecule has 1 aromatic heterocycles. The van der Waals surface area contributed by atoms with Crippen molar-refractivity contribution in [3.63, 3.8) is 0 Å². The van der Waals surface area contributed by atoms with E-state index in [1.54, 1.807) is 15.8 Å². The fraction of sp³-hybridized carbons (Fsp3) is 0.476. The largest absolute Gasteiger partial charge is 0.368 e. The zero-order valence-electron chi connectivity index (χ0n) is 16.6. The Labute approximate surface area is 181 Å². The molecule has 3 aliphatic heterocycles. The lowest BCUT2D eigenvalue weighted by Gasteiger charge is -2.26. The van der Waals surface area contributed by atoms with Gasteiger partial charge in [0.2, 0.25) is 11.8 Å². The molecule has 9 heteroatoms. The van der Waals surface area contributed by atoms with Crippen LogP contribution < -0.4 is 11.1 Å². The van der Waals surface area contributed by atoms with Crippen LogP contribution >= 0.6 is 12.4 Å². The van der Waals surface area contributed by atoms with Gasteiger partial charge in [-0.2, -0.15) is 5.10 Å². The molecule has 2 amide bonds. The van der Waals surface area contributed by atoms with Crippen LogP contribution in [0.5, 0.6) is 0 Å².